The minimum atomic E-state index is 0.819. The molecule has 0 bridgehead atoms. The maximum absolute atomic E-state index is 6.73. The third-order valence-electron chi connectivity index (χ3n) is 10.9. The summed E-state index contributed by atoms with van der Waals surface area (Å²) in [6, 6.07) is 60.6. The molecule has 242 valence electrons. The van der Waals surface area contributed by atoms with Gasteiger partial charge in [0.25, 0.3) is 0 Å². The van der Waals surface area contributed by atoms with Gasteiger partial charge in [0.2, 0.25) is 0 Å². The predicted octanol–water partition coefficient (Wildman–Crippen LogP) is 13.3. The molecule has 4 heteroatoms. The van der Waals surface area contributed by atoms with Gasteiger partial charge in [0.05, 0.1) is 22.1 Å². The summed E-state index contributed by atoms with van der Waals surface area (Å²) in [4.78, 5) is 0. The molecule has 4 aromatic heterocycles. The summed E-state index contributed by atoms with van der Waals surface area (Å²) in [7, 11) is 0. The summed E-state index contributed by atoms with van der Waals surface area (Å²) in [6.07, 6.45) is 0. The summed E-state index contributed by atoms with van der Waals surface area (Å²) in [5, 5.41) is 9.19. The Morgan fingerprint density at radius 2 is 0.750 bits per heavy atom. The van der Waals surface area contributed by atoms with E-state index >= 15 is 0 Å². The fourth-order valence-corrected chi connectivity index (χ4v) is 8.62. The van der Waals surface area contributed by atoms with Crippen molar-refractivity contribution in [1.29, 1.82) is 0 Å². The third kappa shape index (κ3) is 3.70. The van der Waals surface area contributed by atoms with Crippen LogP contribution in [0.25, 0.3) is 110 Å². The van der Waals surface area contributed by atoms with Crippen molar-refractivity contribution in [3.8, 4) is 22.5 Å². The molecule has 12 rings (SSSR count). The van der Waals surface area contributed by atoms with E-state index in [2.05, 4.69) is 155 Å². The SMILES string of the molecule is c1ccc(-n2c3ccccc3c3cc(-c4ccc5c(c4)c4ccccc4n5-c4c5oc6ccccc6c5cc5c4oc4ccccc45)ccc32)cc1. The molecule has 0 amide bonds. The summed E-state index contributed by atoms with van der Waals surface area (Å²) in [5.74, 6) is 0. The second-order valence-electron chi connectivity index (χ2n) is 13.7. The van der Waals surface area contributed by atoms with Crippen molar-refractivity contribution >= 4 is 87.5 Å². The first kappa shape index (κ1) is 27.7. The average molecular weight is 665 g/mol. The van der Waals surface area contributed by atoms with Gasteiger partial charge >= 0.3 is 0 Å². The summed E-state index contributed by atoms with van der Waals surface area (Å²) < 4.78 is 18.2. The molecule has 0 N–H and O–H groups in total. The van der Waals surface area contributed by atoms with Crippen molar-refractivity contribution in [2.75, 3.05) is 0 Å². The molecule has 52 heavy (non-hydrogen) atoms. The lowest BCUT2D eigenvalue weighted by atomic mass is 10.0. The van der Waals surface area contributed by atoms with Gasteiger partial charge in [-0.05, 0) is 77.9 Å². The second kappa shape index (κ2) is 10.3. The molecule has 4 heterocycles. The molecule has 0 fully saturated rings. The molecule has 0 spiro atoms. The zero-order valence-corrected chi connectivity index (χ0v) is 27.9. The van der Waals surface area contributed by atoms with Crippen LogP contribution in [0.4, 0.5) is 0 Å². The van der Waals surface area contributed by atoms with Gasteiger partial charge < -0.3 is 18.0 Å². The Balaban J connectivity index is 1.14. The van der Waals surface area contributed by atoms with Crippen LogP contribution in [0.15, 0.2) is 179 Å². The van der Waals surface area contributed by atoms with Crippen molar-refractivity contribution in [1.82, 2.24) is 9.13 Å². The lowest BCUT2D eigenvalue weighted by molar-refractivity contribution is 0.652. The molecule has 12 aromatic rings. The minimum Gasteiger partial charge on any atom is -0.454 e. The molecule has 0 aliphatic rings. The number of hydrogen-bond donors (Lipinski definition) is 0. The Labute approximate surface area is 296 Å². The number of fused-ring (bicyclic) bond motifs is 12. The van der Waals surface area contributed by atoms with Crippen molar-refractivity contribution in [3.63, 3.8) is 0 Å². The minimum absolute atomic E-state index is 0.819. The normalized spacial score (nSPS) is 12.2. The van der Waals surface area contributed by atoms with Crippen LogP contribution in [0.3, 0.4) is 0 Å². The van der Waals surface area contributed by atoms with E-state index in [9.17, 15) is 0 Å². The number of rotatable bonds is 3. The van der Waals surface area contributed by atoms with Crippen LogP contribution in [0.1, 0.15) is 0 Å². The number of nitrogens with zero attached hydrogens (tertiary/aromatic N) is 2. The molecule has 0 saturated heterocycles. The number of furan rings is 2. The van der Waals surface area contributed by atoms with Crippen LogP contribution in [0.5, 0.6) is 0 Å². The van der Waals surface area contributed by atoms with E-state index in [1.54, 1.807) is 0 Å². The molecule has 8 aromatic carbocycles. The van der Waals surface area contributed by atoms with Gasteiger partial charge in [0.1, 0.15) is 16.9 Å². The predicted molar refractivity (Wildman–Crippen MR) is 215 cm³/mol. The van der Waals surface area contributed by atoms with Crippen molar-refractivity contribution in [3.05, 3.63) is 170 Å². The fourth-order valence-electron chi connectivity index (χ4n) is 8.62. The lowest BCUT2D eigenvalue weighted by Gasteiger charge is -2.10. The van der Waals surface area contributed by atoms with E-state index < -0.39 is 0 Å². The summed E-state index contributed by atoms with van der Waals surface area (Å²) >= 11 is 0. The molecule has 0 aliphatic heterocycles. The van der Waals surface area contributed by atoms with E-state index in [4.69, 9.17) is 8.83 Å². The Hall–Kier alpha value is -7.04. The Morgan fingerprint density at radius 1 is 0.308 bits per heavy atom. The summed E-state index contributed by atoms with van der Waals surface area (Å²) in [5.41, 5.74) is 12.4. The van der Waals surface area contributed by atoms with Crippen LogP contribution in [-0.4, -0.2) is 9.13 Å². The smallest absolute Gasteiger partial charge is 0.163 e. The molecule has 4 nitrogen and oxygen atoms in total. The van der Waals surface area contributed by atoms with Crippen LogP contribution in [0, 0.1) is 0 Å². The maximum atomic E-state index is 6.73. The number of benzene rings is 8. The summed E-state index contributed by atoms with van der Waals surface area (Å²) in [6.45, 7) is 0. The maximum Gasteiger partial charge on any atom is 0.163 e. The van der Waals surface area contributed by atoms with E-state index in [-0.39, 0.29) is 0 Å². The molecule has 0 aliphatic carbocycles. The highest BCUT2D eigenvalue weighted by Crippen LogP contribution is 2.45. The van der Waals surface area contributed by atoms with Crippen LogP contribution in [0.2, 0.25) is 0 Å². The van der Waals surface area contributed by atoms with Crippen LogP contribution < -0.4 is 0 Å². The highest BCUT2D eigenvalue weighted by Gasteiger charge is 2.24. The van der Waals surface area contributed by atoms with Crippen molar-refractivity contribution in [2.45, 2.75) is 0 Å². The average Bonchev–Trinajstić information content (AvgIpc) is 3.95. The number of hydrogen-bond acceptors (Lipinski definition) is 2. The molecule has 0 saturated carbocycles. The highest BCUT2D eigenvalue weighted by molar-refractivity contribution is 6.21. The fraction of sp³-hybridized carbons (Fsp3) is 0. The van der Waals surface area contributed by atoms with E-state index in [1.165, 1.54) is 43.7 Å². The van der Waals surface area contributed by atoms with Crippen LogP contribution in [-0.2, 0) is 0 Å². The first-order chi connectivity index (χ1) is 25.8. The Kier molecular flexibility index (Phi) is 5.47. The number of para-hydroxylation sites is 5. The molecule has 0 atom stereocenters. The number of aromatic nitrogens is 2. The second-order valence-corrected chi connectivity index (χ2v) is 13.7. The molecule has 0 radical (unpaired) electrons. The van der Waals surface area contributed by atoms with Gasteiger partial charge in [-0.25, -0.2) is 0 Å². The van der Waals surface area contributed by atoms with E-state index in [0.29, 0.717) is 0 Å². The molecule has 0 unspecified atom stereocenters. The largest absolute Gasteiger partial charge is 0.454 e. The van der Waals surface area contributed by atoms with E-state index in [0.717, 1.165) is 66.3 Å². The first-order valence-electron chi connectivity index (χ1n) is 17.7. The van der Waals surface area contributed by atoms with Gasteiger partial charge in [-0.1, -0.05) is 103 Å². The van der Waals surface area contributed by atoms with Crippen molar-refractivity contribution in [2.24, 2.45) is 0 Å². The topological polar surface area (TPSA) is 36.1 Å². The highest BCUT2D eigenvalue weighted by atomic mass is 16.3. The van der Waals surface area contributed by atoms with Crippen LogP contribution >= 0.6 is 0 Å². The third-order valence-corrected chi connectivity index (χ3v) is 10.9. The van der Waals surface area contributed by atoms with Gasteiger partial charge in [0, 0.05) is 48.8 Å². The van der Waals surface area contributed by atoms with Gasteiger partial charge in [-0.3, -0.25) is 0 Å². The standard InChI is InChI=1S/C48H28N2O2/c1-2-12-31(13-3-1)49-40-18-8-4-14-32(40)36-26-29(22-24-42(36)49)30-23-25-43-37(27-30)33-15-5-9-19-41(33)50(43)46-47-38(34-16-6-10-20-44(34)51-47)28-39-35-17-7-11-21-45(35)52-48(39)46/h1-28H. The zero-order chi connectivity index (χ0) is 33.9. The quantitative estimate of drug-likeness (QED) is 0.188. The Bertz CT molecular complexity index is 3320. The molecular weight excluding hydrogens is 637 g/mol. The van der Waals surface area contributed by atoms with E-state index in [1.807, 2.05) is 24.3 Å². The monoisotopic (exact) mass is 664 g/mol. The van der Waals surface area contributed by atoms with Gasteiger partial charge in [-0.2, -0.15) is 0 Å². The van der Waals surface area contributed by atoms with Crippen molar-refractivity contribution < 1.29 is 8.83 Å². The lowest BCUT2D eigenvalue weighted by Crippen LogP contribution is -1.95. The molecular formula is C48H28N2O2. The van der Waals surface area contributed by atoms with Gasteiger partial charge in [-0.15, -0.1) is 0 Å². The Morgan fingerprint density at radius 3 is 1.33 bits per heavy atom. The van der Waals surface area contributed by atoms with Gasteiger partial charge in [0.15, 0.2) is 11.2 Å². The first-order valence-corrected chi connectivity index (χ1v) is 17.7. The zero-order valence-electron chi connectivity index (χ0n) is 27.9.